The molecule has 3 aliphatic rings. The molecule has 29 heavy (non-hydrogen) atoms. The van der Waals surface area contributed by atoms with Gasteiger partial charge in [-0.05, 0) is 31.7 Å². The third-order valence-corrected chi connectivity index (χ3v) is 7.11. The average Bonchev–Trinajstić information content (AvgIpc) is 2.93. The normalized spacial score (nSPS) is 25.9. The van der Waals surface area contributed by atoms with Gasteiger partial charge < -0.3 is 4.90 Å². The predicted octanol–water partition coefficient (Wildman–Crippen LogP) is 3.80. The first kappa shape index (κ1) is 20.7. The number of carbonyl (C=O) groups is 1. The van der Waals surface area contributed by atoms with Gasteiger partial charge in [0, 0.05) is 69.4 Å². The Kier molecular flexibility index (Phi) is 6.81. The van der Waals surface area contributed by atoms with E-state index in [0.717, 1.165) is 51.1 Å². The lowest BCUT2D eigenvalue weighted by molar-refractivity contribution is -0.131. The van der Waals surface area contributed by atoms with Gasteiger partial charge in [-0.2, -0.15) is 0 Å². The smallest absolute Gasteiger partial charge is 0.222 e. The van der Waals surface area contributed by atoms with Crippen LogP contribution in [0.1, 0.15) is 56.9 Å². The second-order valence-electron chi connectivity index (χ2n) is 8.90. The maximum atomic E-state index is 14.0. The highest BCUT2D eigenvalue weighted by molar-refractivity contribution is 5.76. The van der Waals surface area contributed by atoms with Crippen molar-refractivity contribution in [2.24, 2.45) is 0 Å². The van der Waals surface area contributed by atoms with E-state index in [1.165, 1.54) is 44.2 Å². The van der Waals surface area contributed by atoms with Gasteiger partial charge in [-0.25, -0.2) is 8.78 Å². The van der Waals surface area contributed by atoms with Crippen LogP contribution >= 0.6 is 0 Å². The Morgan fingerprint density at radius 1 is 0.828 bits per heavy atom. The van der Waals surface area contributed by atoms with Crippen LogP contribution in [0.15, 0.2) is 18.2 Å². The summed E-state index contributed by atoms with van der Waals surface area (Å²) in [4.78, 5) is 19.6. The van der Waals surface area contributed by atoms with Crippen molar-refractivity contribution in [2.75, 3.05) is 32.7 Å². The molecule has 1 amide bonds. The van der Waals surface area contributed by atoms with Crippen molar-refractivity contribution in [3.8, 4) is 0 Å². The van der Waals surface area contributed by atoms with Crippen LogP contribution in [0.2, 0.25) is 0 Å². The molecule has 0 aromatic heterocycles. The maximum absolute atomic E-state index is 14.0. The van der Waals surface area contributed by atoms with Gasteiger partial charge in [-0.3, -0.25) is 14.6 Å². The van der Waals surface area contributed by atoms with Gasteiger partial charge in [0.25, 0.3) is 0 Å². The van der Waals surface area contributed by atoms with E-state index in [2.05, 4.69) is 9.80 Å². The molecule has 2 aliphatic heterocycles. The summed E-state index contributed by atoms with van der Waals surface area (Å²) in [6.45, 7) is 5.32. The Hall–Kier alpha value is -1.53. The number of likely N-dealkylation sites (tertiary alicyclic amines) is 1. The van der Waals surface area contributed by atoms with E-state index < -0.39 is 11.6 Å². The molecule has 3 fully saturated rings. The maximum Gasteiger partial charge on any atom is 0.222 e. The van der Waals surface area contributed by atoms with E-state index in [9.17, 15) is 13.6 Å². The fraction of sp³-hybridized carbons (Fsp3) is 0.696. The first-order valence-corrected chi connectivity index (χ1v) is 11.3. The molecule has 1 aromatic rings. The summed E-state index contributed by atoms with van der Waals surface area (Å²) in [6.07, 6.45) is 9.17. The number of rotatable bonds is 4. The van der Waals surface area contributed by atoms with Crippen LogP contribution in [-0.2, 0) is 11.3 Å². The molecule has 160 valence electrons. The molecule has 1 atom stereocenters. The molecule has 0 N–H and O–H groups in total. The number of nitrogens with zero attached hydrogens (tertiary/aromatic N) is 3. The van der Waals surface area contributed by atoms with Crippen LogP contribution in [0, 0.1) is 11.6 Å². The van der Waals surface area contributed by atoms with Crippen molar-refractivity contribution < 1.29 is 13.6 Å². The first-order valence-electron chi connectivity index (χ1n) is 11.3. The molecular weight excluding hydrogens is 372 g/mol. The summed E-state index contributed by atoms with van der Waals surface area (Å²) in [6, 6.07) is 4.81. The van der Waals surface area contributed by atoms with Gasteiger partial charge in [0.1, 0.15) is 11.6 Å². The molecule has 1 saturated carbocycles. The lowest BCUT2D eigenvalue weighted by Crippen LogP contribution is -2.53. The number of halogens is 2. The number of benzene rings is 1. The van der Waals surface area contributed by atoms with E-state index >= 15 is 0 Å². The minimum atomic E-state index is -0.583. The Morgan fingerprint density at radius 3 is 2.14 bits per heavy atom. The molecule has 1 aliphatic carbocycles. The second kappa shape index (κ2) is 9.52. The van der Waals surface area contributed by atoms with Crippen molar-refractivity contribution in [3.63, 3.8) is 0 Å². The molecule has 0 spiro atoms. The van der Waals surface area contributed by atoms with Gasteiger partial charge in [-0.15, -0.1) is 0 Å². The quantitative estimate of drug-likeness (QED) is 0.763. The van der Waals surface area contributed by atoms with Crippen molar-refractivity contribution in [1.29, 1.82) is 0 Å². The molecule has 0 radical (unpaired) electrons. The third kappa shape index (κ3) is 5.15. The molecule has 0 bridgehead atoms. The van der Waals surface area contributed by atoms with Crippen LogP contribution in [0.3, 0.4) is 0 Å². The minimum Gasteiger partial charge on any atom is -0.338 e. The van der Waals surface area contributed by atoms with Crippen LogP contribution in [-0.4, -0.2) is 65.4 Å². The summed E-state index contributed by atoms with van der Waals surface area (Å²) in [5.74, 6) is -1.07. The lowest BCUT2D eigenvalue weighted by atomic mass is 9.93. The van der Waals surface area contributed by atoms with Gasteiger partial charge >= 0.3 is 0 Å². The molecular formula is C23H33F2N3O. The topological polar surface area (TPSA) is 26.8 Å². The van der Waals surface area contributed by atoms with Crippen LogP contribution in [0.5, 0.6) is 0 Å². The highest BCUT2D eigenvalue weighted by Gasteiger charge is 2.31. The molecule has 6 heteroatoms. The molecule has 1 unspecified atom stereocenters. The fourth-order valence-electron chi connectivity index (χ4n) is 5.32. The largest absolute Gasteiger partial charge is 0.338 e. The SMILES string of the molecule is O=C1CCC(N2CCN(C3CCCCC3)CC2)CCN1Cc1ccc(F)cc1F. The van der Waals surface area contributed by atoms with E-state index in [-0.39, 0.29) is 12.5 Å². The Morgan fingerprint density at radius 2 is 1.48 bits per heavy atom. The van der Waals surface area contributed by atoms with Crippen LogP contribution in [0.25, 0.3) is 0 Å². The minimum absolute atomic E-state index is 0.0806. The van der Waals surface area contributed by atoms with Crippen LogP contribution in [0.4, 0.5) is 8.78 Å². The fourth-order valence-corrected chi connectivity index (χ4v) is 5.32. The van der Waals surface area contributed by atoms with Gasteiger partial charge in [-0.1, -0.05) is 25.3 Å². The van der Waals surface area contributed by atoms with Crippen molar-refractivity contribution in [2.45, 2.75) is 70.0 Å². The summed E-state index contributed by atoms with van der Waals surface area (Å²) in [7, 11) is 0. The standard InChI is InChI=1S/C23H33F2N3O/c24-19-7-6-18(22(25)16-19)17-28-11-10-21(8-9-23(28)29)27-14-12-26(13-15-27)20-4-2-1-3-5-20/h6-7,16,20-21H,1-5,8-15,17H2. The molecule has 4 rings (SSSR count). The lowest BCUT2D eigenvalue weighted by Gasteiger charge is -2.43. The Bertz CT molecular complexity index is 699. The van der Waals surface area contributed by atoms with Gasteiger partial charge in [0.05, 0.1) is 0 Å². The number of carbonyl (C=O) groups excluding carboxylic acids is 1. The van der Waals surface area contributed by atoms with Crippen molar-refractivity contribution >= 4 is 5.91 Å². The zero-order valence-corrected chi connectivity index (χ0v) is 17.3. The molecule has 2 heterocycles. The summed E-state index contributed by atoms with van der Waals surface area (Å²) in [5, 5.41) is 0. The summed E-state index contributed by atoms with van der Waals surface area (Å²) < 4.78 is 27.1. The van der Waals surface area contributed by atoms with Crippen LogP contribution < -0.4 is 0 Å². The van der Waals surface area contributed by atoms with E-state index in [1.54, 1.807) is 4.90 Å². The van der Waals surface area contributed by atoms with E-state index in [4.69, 9.17) is 0 Å². The predicted molar refractivity (Wildman–Crippen MR) is 109 cm³/mol. The number of hydrogen-bond donors (Lipinski definition) is 0. The first-order chi connectivity index (χ1) is 14.1. The number of hydrogen-bond acceptors (Lipinski definition) is 3. The zero-order chi connectivity index (χ0) is 20.2. The highest BCUT2D eigenvalue weighted by Crippen LogP contribution is 2.26. The van der Waals surface area contributed by atoms with E-state index in [0.29, 0.717) is 24.6 Å². The Balaban J connectivity index is 1.29. The summed E-state index contributed by atoms with van der Waals surface area (Å²) >= 11 is 0. The van der Waals surface area contributed by atoms with Gasteiger partial charge in [0.2, 0.25) is 5.91 Å². The number of amides is 1. The average molecular weight is 406 g/mol. The van der Waals surface area contributed by atoms with Crippen molar-refractivity contribution in [3.05, 3.63) is 35.4 Å². The van der Waals surface area contributed by atoms with E-state index in [1.807, 2.05) is 0 Å². The molecule has 2 saturated heterocycles. The number of piperazine rings is 1. The Labute approximate surface area is 172 Å². The second-order valence-corrected chi connectivity index (χ2v) is 8.90. The summed E-state index contributed by atoms with van der Waals surface area (Å²) in [5.41, 5.74) is 0.388. The van der Waals surface area contributed by atoms with Gasteiger partial charge in [0.15, 0.2) is 0 Å². The molecule has 4 nitrogen and oxygen atoms in total. The van der Waals surface area contributed by atoms with Crippen molar-refractivity contribution in [1.82, 2.24) is 14.7 Å². The monoisotopic (exact) mass is 405 g/mol. The molecule has 1 aromatic carbocycles. The third-order valence-electron chi connectivity index (χ3n) is 7.11. The highest BCUT2D eigenvalue weighted by atomic mass is 19.1. The zero-order valence-electron chi connectivity index (χ0n) is 17.3.